The van der Waals surface area contributed by atoms with Gasteiger partial charge in [-0.15, -0.1) is 0 Å². The highest BCUT2D eigenvalue weighted by molar-refractivity contribution is 6.02. The monoisotopic (exact) mass is 457 g/mol. The molecule has 4 N–H and O–H groups in total. The summed E-state index contributed by atoms with van der Waals surface area (Å²) in [4.78, 5) is 26.5. The second-order valence-corrected chi connectivity index (χ2v) is 8.33. The topological polar surface area (TPSA) is 119 Å². The minimum atomic E-state index is -0.833. The van der Waals surface area contributed by atoms with Gasteiger partial charge in [-0.1, -0.05) is 12.1 Å². The standard InChI is InChI=1S/C23H23N7.C2H4O2/c1-7-24-22(25-8-1)16-4-3-15-11-19(28-18(15)12-16)17-5-6-21-29-20(14-30(21)13-17)23-26-9-2-10-27-23;1-2(3)4/h3-6,11-14,28H,1-2,7-10H2,(H,24,25)(H,26,27);1H3,(H,3,4). The van der Waals surface area contributed by atoms with Gasteiger partial charge in [-0.05, 0) is 37.1 Å². The van der Waals surface area contributed by atoms with E-state index in [1.54, 1.807) is 0 Å². The molecule has 9 nitrogen and oxygen atoms in total. The Balaban J connectivity index is 0.000000560. The van der Waals surface area contributed by atoms with Crippen molar-refractivity contribution in [3.8, 4) is 11.3 Å². The number of carboxylic acids is 1. The zero-order valence-electron chi connectivity index (χ0n) is 19.0. The maximum atomic E-state index is 9.00. The lowest BCUT2D eigenvalue weighted by Crippen LogP contribution is -2.30. The minimum absolute atomic E-state index is 0.833. The lowest BCUT2D eigenvalue weighted by atomic mass is 10.1. The summed E-state index contributed by atoms with van der Waals surface area (Å²) in [5.41, 5.74) is 6.27. The average Bonchev–Trinajstić information content (AvgIpc) is 3.48. The van der Waals surface area contributed by atoms with E-state index in [0.717, 1.165) is 91.3 Å². The number of nitrogens with zero attached hydrogens (tertiary/aromatic N) is 4. The molecule has 2 aliphatic rings. The molecule has 5 heterocycles. The maximum Gasteiger partial charge on any atom is 0.300 e. The van der Waals surface area contributed by atoms with Crippen molar-refractivity contribution < 1.29 is 9.90 Å². The van der Waals surface area contributed by atoms with Crippen molar-refractivity contribution >= 4 is 34.2 Å². The Labute approximate surface area is 196 Å². The van der Waals surface area contributed by atoms with Crippen LogP contribution in [0.4, 0.5) is 0 Å². The second-order valence-electron chi connectivity index (χ2n) is 8.33. The molecule has 9 heteroatoms. The lowest BCUT2D eigenvalue weighted by Gasteiger charge is -2.14. The third-order valence-corrected chi connectivity index (χ3v) is 5.70. The zero-order chi connectivity index (χ0) is 23.5. The minimum Gasteiger partial charge on any atom is -0.481 e. The van der Waals surface area contributed by atoms with Crippen LogP contribution in [0.15, 0.2) is 58.8 Å². The molecule has 0 spiro atoms. The van der Waals surface area contributed by atoms with Crippen LogP contribution in [0.5, 0.6) is 0 Å². The van der Waals surface area contributed by atoms with Gasteiger partial charge in [-0.25, -0.2) is 4.98 Å². The van der Waals surface area contributed by atoms with Gasteiger partial charge in [0.1, 0.15) is 23.0 Å². The van der Waals surface area contributed by atoms with Gasteiger partial charge in [0, 0.05) is 73.2 Å². The summed E-state index contributed by atoms with van der Waals surface area (Å²) >= 11 is 0. The summed E-state index contributed by atoms with van der Waals surface area (Å²) in [6, 6.07) is 12.8. The van der Waals surface area contributed by atoms with Gasteiger partial charge in [-0.3, -0.25) is 14.8 Å². The number of pyridine rings is 1. The summed E-state index contributed by atoms with van der Waals surface area (Å²) in [6.45, 7) is 4.78. The molecule has 6 rings (SSSR count). The van der Waals surface area contributed by atoms with E-state index in [1.807, 2.05) is 6.20 Å². The second kappa shape index (κ2) is 9.38. The number of amidine groups is 2. The first-order valence-corrected chi connectivity index (χ1v) is 11.5. The number of aliphatic imine (C=N–C) groups is 2. The molecule has 34 heavy (non-hydrogen) atoms. The van der Waals surface area contributed by atoms with Crippen molar-refractivity contribution in [3.05, 3.63) is 60.0 Å². The molecule has 0 atom stereocenters. The Bertz CT molecular complexity index is 1390. The maximum absolute atomic E-state index is 9.00. The van der Waals surface area contributed by atoms with Gasteiger partial charge < -0.3 is 25.1 Å². The number of hydrogen-bond donors (Lipinski definition) is 4. The normalized spacial score (nSPS) is 15.6. The molecule has 0 unspecified atom stereocenters. The van der Waals surface area contributed by atoms with E-state index in [9.17, 15) is 0 Å². The molecule has 0 saturated heterocycles. The highest BCUT2D eigenvalue weighted by Gasteiger charge is 2.13. The van der Waals surface area contributed by atoms with E-state index in [0.29, 0.717) is 0 Å². The molecule has 0 aliphatic carbocycles. The fourth-order valence-corrected chi connectivity index (χ4v) is 4.13. The average molecular weight is 458 g/mol. The predicted octanol–water partition coefficient (Wildman–Crippen LogP) is 3.05. The number of carboxylic acid groups (broad SMARTS) is 1. The SMILES string of the molecule is CC(=O)O.c1cc2cc(-c3ccc4nc(C5=NCCCN5)cn4c3)[nH]c2cc1C1=NCCCN1. The van der Waals surface area contributed by atoms with Crippen molar-refractivity contribution in [2.75, 3.05) is 26.2 Å². The number of hydrogen-bond acceptors (Lipinski definition) is 6. The number of carbonyl (C=O) groups is 1. The smallest absolute Gasteiger partial charge is 0.300 e. The Morgan fingerprint density at radius 1 is 0.941 bits per heavy atom. The van der Waals surface area contributed by atoms with Crippen LogP contribution < -0.4 is 10.6 Å². The van der Waals surface area contributed by atoms with Gasteiger partial charge >= 0.3 is 0 Å². The largest absolute Gasteiger partial charge is 0.481 e. The molecule has 1 aromatic carbocycles. The third kappa shape index (κ3) is 4.63. The number of imidazole rings is 1. The van der Waals surface area contributed by atoms with E-state index >= 15 is 0 Å². The fraction of sp³-hybridized carbons (Fsp3) is 0.280. The van der Waals surface area contributed by atoms with E-state index < -0.39 is 5.97 Å². The molecule has 0 bridgehead atoms. The molecule has 3 aromatic heterocycles. The number of rotatable bonds is 3. The Morgan fingerprint density at radius 2 is 1.65 bits per heavy atom. The van der Waals surface area contributed by atoms with Gasteiger partial charge in [0.15, 0.2) is 0 Å². The summed E-state index contributed by atoms with van der Waals surface area (Å²) in [5.74, 6) is 1.05. The summed E-state index contributed by atoms with van der Waals surface area (Å²) in [7, 11) is 0. The van der Waals surface area contributed by atoms with Crippen LogP contribution in [0.2, 0.25) is 0 Å². The summed E-state index contributed by atoms with van der Waals surface area (Å²) in [6.07, 6.45) is 6.34. The first-order chi connectivity index (χ1) is 16.6. The number of benzene rings is 1. The van der Waals surface area contributed by atoms with Gasteiger partial charge in [-0.2, -0.15) is 0 Å². The Morgan fingerprint density at radius 3 is 2.35 bits per heavy atom. The van der Waals surface area contributed by atoms with Crippen LogP contribution in [-0.4, -0.2) is 63.3 Å². The number of H-pyrrole nitrogens is 1. The summed E-state index contributed by atoms with van der Waals surface area (Å²) < 4.78 is 2.07. The number of fused-ring (bicyclic) bond motifs is 2. The number of aromatic nitrogens is 3. The number of aliphatic carboxylic acids is 1. The zero-order valence-corrected chi connectivity index (χ0v) is 19.0. The van der Waals surface area contributed by atoms with Gasteiger partial charge in [0.25, 0.3) is 5.97 Å². The molecule has 0 radical (unpaired) electrons. The highest BCUT2D eigenvalue weighted by atomic mass is 16.4. The van der Waals surface area contributed by atoms with Crippen LogP contribution in [0, 0.1) is 0 Å². The molecule has 2 aliphatic heterocycles. The van der Waals surface area contributed by atoms with Crippen molar-refractivity contribution in [1.29, 1.82) is 0 Å². The molecule has 0 amide bonds. The summed E-state index contributed by atoms with van der Waals surface area (Å²) in [5, 5.41) is 15.4. The Hall–Kier alpha value is -4.14. The van der Waals surface area contributed by atoms with Crippen LogP contribution in [0.3, 0.4) is 0 Å². The molecule has 0 saturated carbocycles. The Kier molecular flexibility index (Phi) is 5.99. The lowest BCUT2D eigenvalue weighted by molar-refractivity contribution is -0.134. The highest BCUT2D eigenvalue weighted by Crippen LogP contribution is 2.26. The van der Waals surface area contributed by atoms with Gasteiger partial charge in [0.2, 0.25) is 0 Å². The van der Waals surface area contributed by atoms with Crippen LogP contribution in [-0.2, 0) is 4.79 Å². The van der Waals surface area contributed by atoms with E-state index in [4.69, 9.17) is 14.9 Å². The first kappa shape index (κ1) is 21.7. The van der Waals surface area contributed by atoms with Crippen molar-refractivity contribution in [2.24, 2.45) is 9.98 Å². The van der Waals surface area contributed by atoms with Crippen molar-refractivity contribution in [2.45, 2.75) is 19.8 Å². The van der Waals surface area contributed by atoms with Gasteiger partial charge in [0.05, 0.1) is 0 Å². The molecule has 174 valence electrons. The fourth-order valence-electron chi connectivity index (χ4n) is 4.13. The molecular weight excluding hydrogens is 430 g/mol. The van der Waals surface area contributed by atoms with Crippen LogP contribution in [0.25, 0.3) is 27.8 Å². The molecule has 4 aromatic rings. The number of aromatic amines is 1. The van der Waals surface area contributed by atoms with E-state index in [1.165, 1.54) is 5.39 Å². The molecule has 0 fully saturated rings. The van der Waals surface area contributed by atoms with Crippen LogP contribution >= 0.6 is 0 Å². The van der Waals surface area contributed by atoms with Crippen molar-refractivity contribution in [3.63, 3.8) is 0 Å². The third-order valence-electron chi connectivity index (χ3n) is 5.70. The van der Waals surface area contributed by atoms with E-state index in [2.05, 4.69) is 72.6 Å². The quantitative estimate of drug-likeness (QED) is 0.377. The first-order valence-electron chi connectivity index (χ1n) is 11.5. The van der Waals surface area contributed by atoms with Crippen LogP contribution in [0.1, 0.15) is 31.0 Å². The predicted molar refractivity (Wildman–Crippen MR) is 134 cm³/mol. The number of nitrogens with one attached hydrogen (secondary N) is 3. The van der Waals surface area contributed by atoms with Crippen molar-refractivity contribution in [1.82, 2.24) is 25.0 Å². The van der Waals surface area contributed by atoms with E-state index in [-0.39, 0.29) is 0 Å². The molecular formula is C25H27N7O2.